The van der Waals surface area contributed by atoms with Crippen LogP contribution in [0.4, 0.5) is 0 Å². The monoisotopic (exact) mass is 268 g/mol. The van der Waals surface area contributed by atoms with Crippen molar-refractivity contribution in [3.05, 3.63) is 0 Å². The van der Waals surface area contributed by atoms with Crippen molar-refractivity contribution >= 4 is 11.8 Å². The third-order valence-electron chi connectivity index (χ3n) is 5.58. The predicted molar refractivity (Wildman–Crippen MR) is 84.2 cm³/mol. The highest BCUT2D eigenvalue weighted by atomic mass is 32.2. The van der Waals surface area contributed by atoms with Crippen molar-refractivity contribution in [2.75, 3.05) is 5.75 Å². The molecule has 0 heterocycles. The molecule has 3 aliphatic rings. The summed E-state index contributed by atoms with van der Waals surface area (Å²) < 4.78 is 0.653. The van der Waals surface area contributed by atoms with Crippen LogP contribution in [-0.2, 0) is 0 Å². The smallest absolute Gasteiger partial charge is 0.0161 e. The molecule has 0 aromatic heterocycles. The van der Waals surface area contributed by atoms with E-state index in [0.29, 0.717) is 21.0 Å². The van der Waals surface area contributed by atoms with E-state index in [1.165, 1.54) is 44.3 Å². The summed E-state index contributed by atoms with van der Waals surface area (Å²) in [7, 11) is 0. The lowest BCUT2D eigenvalue weighted by atomic mass is 9.51. The van der Waals surface area contributed by atoms with Gasteiger partial charge in [0, 0.05) is 4.75 Å². The molecule has 0 aromatic carbocycles. The summed E-state index contributed by atoms with van der Waals surface area (Å²) in [6.45, 7) is 14.5. The second-order valence-electron chi connectivity index (χ2n) is 9.06. The molecule has 3 rings (SSSR count). The van der Waals surface area contributed by atoms with Crippen molar-refractivity contribution < 1.29 is 0 Å². The van der Waals surface area contributed by atoms with Gasteiger partial charge in [0.15, 0.2) is 0 Å². The summed E-state index contributed by atoms with van der Waals surface area (Å²) in [6.07, 6.45) is 8.87. The maximum Gasteiger partial charge on any atom is 0.0161 e. The Bertz CT molecular complexity index is 278. The van der Waals surface area contributed by atoms with Crippen LogP contribution in [0, 0.1) is 16.2 Å². The van der Waals surface area contributed by atoms with E-state index >= 15 is 0 Å². The Balaban J connectivity index is 2.00. The first-order chi connectivity index (χ1) is 8.08. The fourth-order valence-corrected chi connectivity index (χ4v) is 5.34. The molecule has 0 amide bonds. The first kappa shape index (κ1) is 14.8. The average Bonchev–Trinajstić information content (AvgIpc) is 2.27. The number of rotatable bonds is 2. The van der Waals surface area contributed by atoms with Crippen LogP contribution >= 0.6 is 11.8 Å². The minimum Gasteiger partial charge on any atom is -0.155 e. The number of fused-ring (bicyclic) bond motifs is 3. The van der Waals surface area contributed by atoms with E-state index in [4.69, 9.17) is 0 Å². The molecule has 18 heavy (non-hydrogen) atoms. The van der Waals surface area contributed by atoms with Crippen molar-refractivity contribution in [1.82, 2.24) is 0 Å². The van der Waals surface area contributed by atoms with Gasteiger partial charge in [0.05, 0.1) is 0 Å². The van der Waals surface area contributed by atoms with E-state index < -0.39 is 0 Å². The highest BCUT2D eigenvalue weighted by Gasteiger charge is 2.53. The molecule has 0 spiro atoms. The van der Waals surface area contributed by atoms with Crippen molar-refractivity contribution in [1.29, 1.82) is 0 Å². The molecule has 0 nitrogen and oxygen atoms in total. The fraction of sp³-hybridized carbons (Fsp3) is 1.00. The number of thioether (sulfide) groups is 1. The Morgan fingerprint density at radius 1 is 0.778 bits per heavy atom. The highest BCUT2D eigenvalue weighted by molar-refractivity contribution is 8.00. The SMILES string of the molecule is CC(C)(C)CSC12CCC(C(C)(C)C)(CC1)CC2. The van der Waals surface area contributed by atoms with Crippen LogP contribution in [0.5, 0.6) is 0 Å². The molecule has 0 aromatic rings. The van der Waals surface area contributed by atoms with Gasteiger partial charge >= 0.3 is 0 Å². The average molecular weight is 269 g/mol. The quantitative estimate of drug-likeness (QED) is 0.600. The Hall–Kier alpha value is 0.350. The molecule has 3 saturated carbocycles. The number of hydrogen-bond acceptors (Lipinski definition) is 1. The standard InChI is InChI=1S/C17H32S/c1-14(2,3)13-18-17-10-7-16(8-11-17,9-12-17)15(4,5)6/h7-13H2,1-6H3. The van der Waals surface area contributed by atoms with Crippen LogP contribution in [0.3, 0.4) is 0 Å². The lowest BCUT2D eigenvalue weighted by Gasteiger charge is -2.59. The summed E-state index contributed by atoms with van der Waals surface area (Å²) in [5.41, 5.74) is 1.65. The van der Waals surface area contributed by atoms with Crippen molar-refractivity contribution in [3.63, 3.8) is 0 Å². The van der Waals surface area contributed by atoms with Crippen LogP contribution in [-0.4, -0.2) is 10.5 Å². The molecule has 0 N–H and O–H groups in total. The second-order valence-corrected chi connectivity index (χ2v) is 10.5. The zero-order chi connectivity index (χ0) is 13.7. The van der Waals surface area contributed by atoms with E-state index in [0.717, 1.165) is 0 Å². The Morgan fingerprint density at radius 3 is 1.56 bits per heavy atom. The van der Waals surface area contributed by atoms with Crippen LogP contribution < -0.4 is 0 Å². The van der Waals surface area contributed by atoms with Gasteiger partial charge in [-0.3, -0.25) is 0 Å². The molecule has 0 unspecified atom stereocenters. The van der Waals surface area contributed by atoms with Gasteiger partial charge in [-0.05, 0) is 60.5 Å². The van der Waals surface area contributed by atoms with Crippen LogP contribution in [0.25, 0.3) is 0 Å². The first-order valence-corrected chi connectivity index (χ1v) is 8.70. The predicted octanol–water partition coefficient (Wildman–Crippen LogP) is 5.90. The van der Waals surface area contributed by atoms with Gasteiger partial charge in [0.2, 0.25) is 0 Å². The first-order valence-electron chi connectivity index (χ1n) is 7.72. The summed E-state index contributed by atoms with van der Waals surface area (Å²) in [6, 6.07) is 0. The second kappa shape index (κ2) is 4.43. The molecule has 0 aliphatic heterocycles. The highest BCUT2D eigenvalue weighted by Crippen LogP contribution is 2.63. The van der Waals surface area contributed by atoms with Gasteiger partial charge in [-0.1, -0.05) is 41.5 Å². The third-order valence-corrected chi connectivity index (χ3v) is 7.81. The van der Waals surface area contributed by atoms with E-state index in [1.807, 2.05) is 0 Å². The van der Waals surface area contributed by atoms with Gasteiger partial charge in [-0.25, -0.2) is 0 Å². The topological polar surface area (TPSA) is 0 Å². The van der Waals surface area contributed by atoms with Gasteiger partial charge in [-0.2, -0.15) is 11.8 Å². The van der Waals surface area contributed by atoms with E-state index in [-0.39, 0.29) is 0 Å². The minimum absolute atomic E-state index is 0.482. The number of hydrogen-bond donors (Lipinski definition) is 0. The molecule has 106 valence electrons. The van der Waals surface area contributed by atoms with Crippen LogP contribution in [0.1, 0.15) is 80.1 Å². The van der Waals surface area contributed by atoms with E-state index in [9.17, 15) is 0 Å². The molecule has 3 aliphatic carbocycles. The summed E-state index contributed by atoms with van der Waals surface area (Å²) >= 11 is 2.30. The molecular formula is C17H32S. The van der Waals surface area contributed by atoms with Gasteiger partial charge in [0.1, 0.15) is 0 Å². The maximum atomic E-state index is 2.47. The van der Waals surface area contributed by atoms with E-state index in [2.05, 4.69) is 53.3 Å². The third kappa shape index (κ3) is 2.76. The molecule has 2 bridgehead atoms. The van der Waals surface area contributed by atoms with Crippen LogP contribution in [0.2, 0.25) is 0 Å². The summed E-state index contributed by atoms with van der Waals surface area (Å²) in [4.78, 5) is 0. The van der Waals surface area contributed by atoms with Gasteiger partial charge < -0.3 is 0 Å². The lowest BCUT2D eigenvalue weighted by Crippen LogP contribution is -2.50. The lowest BCUT2D eigenvalue weighted by molar-refractivity contribution is -0.0211. The Kier molecular flexibility index (Phi) is 3.63. The fourth-order valence-electron chi connectivity index (χ4n) is 3.86. The largest absolute Gasteiger partial charge is 0.155 e. The molecular weight excluding hydrogens is 236 g/mol. The Labute approximate surface area is 119 Å². The van der Waals surface area contributed by atoms with Crippen molar-refractivity contribution in [2.45, 2.75) is 84.8 Å². The normalized spacial score (nSPS) is 37.0. The van der Waals surface area contributed by atoms with Crippen LogP contribution in [0.15, 0.2) is 0 Å². The van der Waals surface area contributed by atoms with Crippen molar-refractivity contribution in [2.24, 2.45) is 16.2 Å². The zero-order valence-electron chi connectivity index (χ0n) is 13.4. The van der Waals surface area contributed by atoms with Crippen molar-refractivity contribution in [3.8, 4) is 0 Å². The Morgan fingerprint density at radius 2 is 1.22 bits per heavy atom. The molecule has 0 saturated heterocycles. The minimum atomic E-state index is 0.482. The maximum absolute atomic E-state index is 2.47. The summed E-state index contributed by atoms with van der Waals surface area (Å²) in [5.74, 6) is 1.33. The molecule has 0 atom stereocenters. The van der Waals surface area contributed by atoms with Gasteiger partial charge in [0.25, 0.3) is 0 Å². The van der Waals surface area contributed by atoms with Gasteiger partial charge in [-0.15, -0.1) is 0 Å². The zero-order valence-corrected chi connectivity index (χ0v) is 14.2. The van der Waals surface area contributed by atoms with E-state index in [1.54, 1.807) is 0 Å². The molecule has 3 fully saturated rings. The molecule has 1 heteroatoms. The molecule has 0 radical (unpaired) electrons. The summed E-state index contributed by atoms with van der Waals surface area (Å²) in [5, 5.41) is 0.